The van der Waals surface area contributed by atoms with Crippen LogP contribution in [0.3, 0.4) is 0 Å². The number of carbonyl (C=O) groups is 1. The van der Waals surface area contributed by atoms with Crippen LogP contribution < -0.4 is 0 Å². The van der Waals surface area contributed by atoms with Crippen LogP contribution in [-0.4, -0.2) is 16.6 Å². The number of hydrogen-bond acceptors (Lipinski definition) is 2. The highest BCUT2D eigenvalue weighted by atomic mass is 32.2. The third kappa shape index (κ3) is 4.94. The lowest BCUT2D eigenvalue weighted by Gasteiger charge is -2.14. The predicted octanol–water partition coefficient (Wildman–Crippen LogP) is 8.58. The van der Waals surface area contributed by atoms with E-state index >= 15 is 0 Å². The van der Waals surface area contributed by atoms with Crippen molar-refractivity contribution in [3.05, 3.63) is 142 Å². The number of thioether (sulfide) groups is 1. The van der Waals surface area contributed by atoms with Crippen LogP contribution in [0.15, 0.2) is 102 Å². The molecule has 0 N–H and O–H groups in total. The Morgan fingerprint density at radius 1 is 0.789 bits per heavy atom. The predicted molar refractivity (Wildman–Crippen MR) is 151 cm³/mol. The average Bonchev–Trinajstić information content (AvgIpc) is 3.25. The topological polar surface area (TPSA) is 22.0 Å². The van der Waals surface area contributed by atoms with Gasteiger partial charge in [0.1, 0.15) is 0 Å². The monoisotopic (exact) mass is 523 g/mol. The molecule has 0 amide bonds. The summed E-state index contributed by atoms with van der Waals surface area (Å²) in [6.07, 6.45) is 2.43. The molecule has 0 bridgehead atoms. The minimum Gasteiger partial charge on any atom is -0.307 e. The summed E-state index contributed by atoms with van der Waals surface area (Å²) in [6, 6.07) is 29.4. The fourth-order valence-electron chi connectivity index (χ4n) is 4.73. The molecule has 4 aromatic carbocycles. The average molecular weight is 524 g/mol. The molecule has 0 aliphatic rings. The molecule has 0 fully saturated rings. The zero-order valence-corrected chi connectivity index (χ0v) is 22.3. The van der Waals surface area contributed by atoms with Crippen molar-refractivity contribution >= 4 is 17.5 Å². The summed E-state index contributed by atoms with van der Waals surface area (Å²) in [6.45, 7) is 4.01. The lowest BCUT2D eigenvalue weighted by Crippen LogP contribution is -2.05. The molecule has 5 heteroatoms. The second-order valence-electron chi connectivity index (χ2n) is 9.36. The van der Waals surface area contributed by atoms with Crippen LogP contribution in [0.1, 0.15) is 38.3 Å². The summed E-state index contributed by atoms with van der Waals surface area (Å²) >= 11 is 1.47. The van der Waals surface area contributed by atoms with Gasteiger partial charge in [0.2, 0.25) is 0 Å². The smallest absolute Gasteiger partial charge is 0.196 e. The van der Waals surface area contributed by atoms with E-state index in [0.29, 0.717) is 28.7 Å². The van der Waals surface area contributed by atoms with E-state index in [0.717, 1.165) is 39.2 Å². The van der Waals surface area contributed by atoms with Gasteiger partial charge in [0.05, 0.1) is 10.6 Å². The first-order chi connectivity index (χ1) is 18.4. The van der Waals surface area contributed by atoms with E-state index in [-0.39, 0.29) is 5.78 Å². The zero-order chi connectivity index (χ0) is 26.8. The molecule has 0 saturated heterocycles. The first-order valence-electron chi connectivity index (χ1n) is 12.4. The standard InChI is InChI=1S/C33H27F2NOS/c1-21-9-13-23(14-10-21)19-29-30(25-17-18-27(34)28(35)20-25)31(32(37)24-15-11-22(2)12-16-24)33(38-3)36(29)26-7-5-4-6-8-26/h4-18,20H,19H2,1-3H3. The molecule has 1 aromatic heterocycles. The van der Waals surface area contributed by atoms with E-state index in [9.17, 15) is 13.6 Å². The maximum absolute atomic E-state index is 14.6. The number of ketones is 1. The van der Waals surface area contributed by atoms with Gasteiger partial charge in [-0.2, -0.15) is 0 Å². The van der Waals surface area contributed by atoms with Crippen LogP contribution in [0, 0.1) is 25.5 Å². The molecule has 0 saturated carbocycles. The molecule has 0 aliphatic heterocycles. The third-order valence-corrected chi connectivity index (χ3v) is 7.45. The van der Waals surface area contributed by atoms with Crippen molar-refractivity contribution in [1.29, 1.82) is 0 Å². The molecule has 0 radical (unpaired) electrons. The second-order valence-corrected chi connectivity index (χ2v) is 10.2. The number of halogens is 2. The second kappa shape index (κ2) is 10.8. The van der Waals surface area contributed by atoms with Crippen LogP contribution >= 0.6 is 11.8 Å². The van der Waals surface area contributed by atoms with Crippen molar-refractivity contribution in [2.75, 3.05) is 6.26 Å². The molecule has 190 valence electrons. The quantitative estimate of drug-likeness (QED) is 0.157. The molecule has 0 aliphatic carbocycles. The fraction of sp³-hybridized carbons (Fsp3) is 0.121. The summed E-state index contributed by atoms with van der Waals surface area (Å²) in [4.78, 5) is 14.2. The number of aryl methyl sites for hydroxylation is 2. The lowest BCUT2D eigenvalue weighted by molar-refractivity contribution is 0.103. The number of carbonyl (C=O) groups excluding carboxylic acids is 1. The molecule has 38 heavy (non-hydrogen) atoms. The molecule has 0 atom stereocenters. The maximum atomic E-state index is 14.6. The zero-order valence-electron chi connectivity index (χ0n) is 21.5. The van der Waals surface area contributed by atoms with Crippen molar-refractivity contribution in [2.24, 2.45) is 0 Å². The minimum atomic E-state index is -0.948. The van der Waals surface area contributed by atoms with Crippen LogP contribution in [0.2, 0.25) is 0 Å². The summed E-state index contributed by atoms with van der Waals surface area (Å²) in [7, 11) is 0. The van der Waals surface area contributed by atoms with E-state index in [1.54, 1.807) is 6.07 Å². The number of benzene rings is 4. The van der Waals surface area contributed by atoms with E-state index in [2.05, 4.69) is 28.8 Å². The van der Waals surface area contributed by atoms with Gasteiger partial charge >= 0.3 is 0 Å². The molecular formula is C33H27F2NOS. The van der Waals surface area contributed by atoms with Crippen molar-refractivity contribution in [2.45, 2.75) is 25.3 Å². The highest BCUT2D eigenvalue weighted by molar-refractivity contribution is 7.98. The summed E-state index contributed by atoms with van der Waals surface area (Å²) < 4.78 is 30.7. The molecule has 1 heterocycles. The van der Waals surface area contributed by atoms with Gasteiger partial charge < -0.3 is 4.57 Å². The number of nitrogens with zero attached hydrogens (tertiary/aromatic N) is 1. The van der Waals surface area contributed by atoms with Crippen molar-refractivity contribution in [3.63, 3.8) is 0 Å². The number of aromatic nitrogens is 1. The summed E-state index contributed by atoms with van der Waals surface area (Å²) in [5.74, 6) is -2.03. The van der Waals surface area contributed by atoms with Gasteiger partial charge in [-0.05, 0) is 55.5 Å². The third-order valence-electron chi connectivity index (χ3n) is 6.67. The van der Waals surface area contributed by atoms with Gasteiger partial charge in [0, 0.05) is 28.9 Å². The molecule has 5 aromatic rings. The normalized spacial score (nSPS) is 11.1. The first-order valence-corrected chi connectivity index (χ1v) is 13.6. The van der Waals surface area contributed by atoms with Crippen LogP contribution in [0.4, 0.5) is 8.78 Å². The lowest BCUT2D eigenvalue weighted by atomic mass is 9.93. The Bertz CT molecular complexity index is 1600. The largest absolute Gasteiger partial charge is 0.307 e. The van der Waals surface area contributed by atoms with E-state index in [1.807, 2.05) is 74.7 Å². The maximum Gasteiger partial charge on any atom is 0.196 e. The van der Waals surface area contributed by atoms with Crippen molar-refractivity contribution in [1.82, 2.24) is 4.57 Å². The van der Waals surface area contributed by atoms with Gasteiger partial charge in [-0.15, -0.1) is 11.8 Å². The van der Waals surface area contributed by atoms with Gasteiger partial charge in [-0.3, -0.25) is 4.79 Å². The van der Waals surface area contributed by atoms with Gasteiger partial charge in [0.15, 0.2) is 17.4 Å². The van der Waals surface area contributed by atoms with Gasteiger partial charge in [-0.1, -0.05) is 83.9 Å². The fourth-order valence-corrected chi connectivity index (χ4v) is 5.53. The van der Waals surface area contributed by atoms with Crippen LogP contribution in [-0.2, 0) is 6.42 Å². The van der Waals surface area contributed by atoms with E-state index < -0.39 is 11.6 Å². The SMILES string of the molecule is CSc1c(C(=O)c2ccc(C)cc2)c(-c2ccc(F)c(F)c2)c(Cc2ccc(C)cc2)n1-c1ccccc1. The first kappa shape index (κ1) is 25.7. The number of para-hydroxylation sites is 1. The number of rotatable bonds is 7. The Hall–Kier alpha value is -3.96. The minimum absolute atomic E-state index is 0.158. The molecule has 2 nitrogen and oxygen atoms in total. The van der Waals surface area contributed by atoms with Gasteiger partial charge in [0.25, 0.3) is 0 Å². The Morgan fingerprint density at radius 2 is 1.42 bits per heavy atom. The molecule has 5 rings (SSSR count). The molecule has 0 unspecified atom stereocenters. The Kier molecular flexibility index (Phi) is 7.30. The Balaban J connectivity index is 1.86. The van der Waals surface area contributed by atoms with Crippen molar-refractivity contribution < 1.29 is 13.6 Å². The van der Waals surface area contributed by atoms with E-state index in [4.69, 9.17) is 0 Å². The highest BCUT2D eigenvalue weighted by Crippen LogP contribution is 2.42. The van der Waals surface area contributed by atoms with Crippen LogP contribution in [0.5, 0.6) is 0 Å². The highest BCUT2D eigenvalue weighted by Gasteiger charge is 2.30. The van der Waals surface area contributed by atoms with Crippen LogP contribution in [0.25, 0.3) is 16.8 Å². The molecular weight excluding hydrogens is 496 g/mol. The molecule has 0 spiro atoms. The number of hydrogen-bond donors (Lipinski definition) is 0. The Labute approximate surface area is 226 Å². The summed E-state index contributed by atoms with van der Waals surface area (Å²) in [5.41, 5.74) is 7.09. The summed E-state index contributed by atoms with van der Waals surface area (Å²) in [5, 5.41) is 0.753. The Morgan fingerprint density at radius 3 is 2.03 bits per heavy atom. The van der Waals surface area contributed by atoms with E-state index in [1.165, 1.54) is 17.8 Å². The van der Waals surface area contributed by atoms with Crippen molar-refractivity contribution in [3.8, 4) is 16.8 Å². The van der Waals surface area contributed by atoms with Gasteiger partial charge in [-0.25, -0.2) is 8.78 Å².